The van der Waals surface area contributed by atoms with E-state index in [-0.39, 0.29) is 24.0 Å². The van der Waals surface area contributed by atoms with Crippen molar-refractivity contribution >= 4 is 35.6 Å². The van der Waals surface area contributed by atoms with Crippen LogP contribution < -0.4 is 15.5 Å². The SMILES string of the molecule is Cc1nnc(CN=C(NCCCN(C)c2ccccc2)NC(C)CCC(C)(C)C)n1C.I. The standard InChI is InChI=1S/C24H41N7.HI/c1-19(14-15-24(3,4)5)27-23(26-18-22-29-28-20(2)31(22)7)25-16-11-17-30(6)21-12-9-8-10-13-21;/h8-10,12-13,19H,11,14-18H2,1-7H3,(H2,25,26,27);1H. The fraction of sp³-hybridized carbons (Fsp3) is 0.625. The van der Waals surface area contributed by atoms with Gasteiger partial charge in [0.2, 0.25) is 0 Å². The molecule has 0 bridgehead atoms. The van der Waals surface area contributed by atoms with Crippen molar-refractivity contribution in [2.24, 2.45) is 17.5 Å². The van der Waals surface area contributed by atoms with E-state index in [2.05, 4.69) is 84.7 Å². The number of aryl methyl sites for hydroxylation is 1. The molecule has 0 amide bonds. The lowest BCUT2D eigenvalue weighted by Crippen LogP contribution is -2.43. The van der Waals surface area contributed by atoms with Crippen molar-refractivity contribution in [3.8, 4) is 0 Å². The first-order valence-corrected chi connectivity index (χ1v) is 11.3. The monoisotopic (exact) mass is 555 g/mol. The quantitative estimate of drug-likeness (QED) is 0.195. The highest BCUT2D eigenvalue weighted by molar-refractivity contribution is 14.0. The van der Waals surface area contributed by atoms with Crippen LogP contribution in [0.3, 0.4) is 0 Å². The maximum Gasteiger partial charge on any atom is 0.191 e. The number of rotatable bonds is 10. The van der Waals surface area contributed by atoms with Crippen molar-refractivity contribution in [3.05, 3.63) is 42.0 Å². The number of halogens is 1. The lowest BCUT2D eigenvalue weighted by molar-refractivity contribution is 0.346. The highest BCUT2D eigenvalue weighted by Crippen LogP contribution is 2.21. The van der Waals surface area contributed by atoms with Crippen LogP contribution in [0.4, 0.5) is 5.69 Å². The van der Waals surface area contributed by atoms with Crippen LogP contribution >= 0.6 is 24.0 Å². The minimum Gasteiger partial charge on any atom is -0.375 e. The van der Waals surface area contributed by atoms with Gasteiger partial charge in [-0.3, -0.25) is 0 Å². The maximum atomic E-state index is 4.78. The summed E-state index contributed by atoms with van der Waals surface area (Å²) in [6.07, 6.45) is 3.29. The van der Waals surface area contributed by atoms with Crippen LogP contribution in [0.15, 0.2) is 35.3 Å². The summed E-state index contributed by atoms with van der Waals surface area (Å²) in [6, 6.07) is 10.8. The molecule has 2 N–H and O–H groups in total. The van der Waals surface area contributed by atoms with E-state index in [0.29, 0.717) is 18.0 Å². The van der Waals surface area contributed by atoms with E-state index in [1.54, 1.807) is 0 Å². The Morgan fingerprint density at radius 1 is 1.19 bits per heavy atom. The fourth-order valence-corrected chi connectivity index (χ4v) is 3.18. The van der Waals surface area contributed by atoms with E-state index >= 15 is 0 Å². The summed E-state index contributed by atoms with van der Waals surface area (Å²) in [7, 11) is 4.11. The molecule has 8 heteroatoms. The molecule has 0 aliphatic rings. The van der Waals surface area contributed by atoms with Crippen LogP contribution in [0.2, 0.25) is 0 Å². The summed E-state index contributed by atoms with van der Waals surface area (Å²) < 4.78 is 1.99. The largest absolute Gasteiger partial charge is 0.375 e. The summed E-state index contributed by atoms with van der Waals surface area (Å²) in [5.41, 5.74) is 1.57. The van der Waals surface area contributed by atoms with Crippen molar-refractivity contribution < 1.29 is 0 Å². The van der Waals surface area contributed by atoms with E-state index in [1.165, 1.54) is 12.1 Å². The Morgan fingerprint density at radius 2 is 1.88 bits per heavy atom. The van der Waals surface area contributed by atoms with E-state index in [4.69, 9.17) is 4.99 Å². The molecule has 1 unspecified atom stereocenters. The number of nitrogens with one attached hydrogen (secondary N) is 2. The lowest BCUT2D eigenvalue weighted by Gasteiger charge is -2.23. The Bertz CT molecular complexity index is 812. The van der Waals surface area contributed by atoms with Crippen molar-refractivity contribution in [1.82, 2.24) is 25.4 Å². The number of aliphatic imine (C=N–C) groups is 1. The summed E-state index contributed by atoms with van der Waals surface area (Å²) in [4.78, 5) is 7.06. The molecule has 0 saturated heterocycles. The predicted molar refractivity (Wildman–Crippen MR) is 146 cm³/mol. The number of para-hydroxylation sites is 1. The van der Waals surface area contributed by atoms with Gasteiger partial charge in [0.15, 0.2) is 11.8 Å². The Morgan fingerprint density at radius 3 is 2.47 bits per heavy atom. The van der Waals surface area contributed by atoms with Crippen molar-refractivity contribution in [3.63, 3.8) is 0 Å². The van der Waals surface area contributed by atoms with Crippen LogP contribution in [0.5, 0.6) is 0 Å². The van der Waals surface area contributed by atoms with Gasteiger partial charge in [-0.05, 0) is 50.7 Å². The molecule has 0 saturated carbocycles. The molecule has 0 aliphatic carbocycles. The second-order valence-electron chi connectivity index (χ2n) is 9.57. The van der Waals surface area contributed by atoms with Gasteiger partial charge in [-0.15, -0.1) is 34.2 Å². The Hall–Kier alpha value is -1.84. The molecule has 0 radical (unpaired) electrons. The normalized spacial score (nSPS) is 12.8. The van der Waals surface area contributed by atoms with Crippen molar-refractivity contribution in [2.75, 3.05) is 25.0 Å². The fourth-order valence-electron chi connectivity index (χ4n) is 3.18. The first-order valence-electron chi connectivity index (χ1n) is 11.3. The van der Waals surface area contributed by atoms with Crippen LogP contribution in [0.25, 0.3) is 0 Å². The van der Waals surface area contributed by atoms with Gasteiger partial charge in [-0.25, -0.2) is 4.99 Å². The molecule has 32 heavy (non-hydrogen) atoms. The molecule has 2 rings (SSSR count). The zero-order chi connectivity index (χ0) is 22.9. The van der Waals surface area contributed by atoms with Crippen LogP contribution in [-0.2, 0) is 13.6 Å². The molecule has 0 aliphatic heterocycles. The topological polar surface area (TPSA) is 70.4 Å². The van der Waals surface area contributed by atoms with Gasteiger partial charge in [0, 0.05) is 38.9 Å². The number of hydrogen-bond donors (Lipinski definition) is 2. The molecule has 1 atom stereocenters. The van der Waals surface area contributed by atoms with Gasteiger partial charge in [0.1, 0.15) is 12.4 Å². The van der Waals surface area contributed by atoms with Crippen molar-refractivity contribution in [2.45, 2.75) is 66.5 Å². The second-order valence-corrected chi connectivity index (χ2v) is 9.57. The highest BCUT2D eigenvalue weighted by Gasteiger charge is 2.14. The Labute approximate surface area is 211 Å². The Balaban J connectivity index is 0.00000512. The zero-order valence-electron chi connectivity index (χ0n) is 20.9. The minimum absolute atomic E-state index is 0. The number of aromatic nitrogens is 3. The first-order chi connectivity index (χ1) is 14.7. The van der Waals surface area contributed by atoms with E-state index < -0.39 is 0 Å². The number of guanidine groups is 1. The number of hydrogen-bond acceptors (Lipinski definition) is 4. The summed E-state index contributed by atoms with van der Waals surface area (Å²) >= 11 is 0. The predicted octanol–water partition coefficient (Wildman–Crippen LogP) is 4.52. The number of benzene rings is 1. The van der Waals surface area contributed by atoms with Crippen LogP contribution in [0.1, 0.15) is 58.6 Å². The number of nitrogens with zero attached hydrogens (tertiary/aromatic N) is 5. The van der Waals surface area contributed by atoms with Gasteiger partial charge in [0.25, 0.3) is 0 Å². The third-order valence-electron chi connectivity index (χ3n) is 5.43. The van der Waals surface area contributed by atoms with Gasteiger partial charge >= 0.3 is 0 Å². The molecule has 0 fully saturated rings. The van der Waals surface area contributed by atoms with Gasteiger partial charge in [-0.1, -0.05) is 39.0 Å². The third-order valence-corrected chi connectivity index (χ3v) is 5.43. The molecule has 2 aromatic rings. The molecular weight excluding hydrogens is 513 g/mol. The summed E-state index contributed by atoms with van der Waals surface area (Å²) in [5.74, 6) is 2.60. The summed E-state index contributed by atoms with van der Waals surface area (Å²) in [6.45, 7) is 13.4. The van der Waals surface area contributed by atoms with Crippen molar-refractivity contribution in [1.29, 1.82) is 0 Å². The average Bonchev–Trinajstić information content (AvgIpc) is 3.05. The average molecular weight is 556 g/mol. The van der Waals surface area contributed by atoms with Crippen LogP contribution in [0, 0.1) is 12.3 Å². The highest BCUT2D eigenvalue weighted by atomic mass is 127. The molecule has 1 aromatic heterocycles. The zero-order valence-corrected chi connectivity index (χ0v) is 23.2. The molecule has 7 nitrogen and oxygen atoms in total. The van der Waals surface area contributed by atoms with Gasteiger partial charge in [0.05, 0.1) is 0 Å². The molecule has 0 spiro atoms. The molecule has 1 aromatic carbocycles. The molecule has 180 valence electrons. The first kappa shape index (κ1) is 28.2. The maximum absolute atomic E-state index is 4.78. The van der Waals surface area contributed by atoms with E-state index in [0.717, 1.165) is 43.5 Å². The van der Waals surface area contributed by atoms with Crippen LogP contribution in [-0.4, -0.2) is 46.9 Å². The molecular formula is C24H42IN7. The summed E-state index contributed by atoms with van der Waals surface area (Å²) in [5, 5.41) is 15.4. The second kappa shape index (κ2) is 13.6. The minimum atomic E-state index is 0. The van der Waals surface area contributed by atoms with Gasteiger partial charge < -0.3 is 20.1 Å². The third kappa shape index (κ3) is 10.2. The van der Waals surface area contributed by atoms with E-state index in [9.17, 15) is 0 Å². The molecule has 1 heterocycles. The smallest absolute Gasteiger partial charge is 0.191 e. The number of anilines is 1. The lowest BCUT2D eigenvalue weighted by atomic mass is 9.89. The van der Waals surface area contributed by atoms with E-state index in [1.807, 2.05) is 24.6 Å². The van der Waals surface area contributed by atoms with Gasteiger partial charge in [-0.2, -0.15) is 0 Å². The Kier molecular flexibility index (Phi) is 12.0.